The van der Waals surface area contributed by atoms with Crippen molar-refractivity contribution in [2.75, 3.05) is 0 Å². The molecule has 4 nitrogen and oxygen atoms in total. The number of aryl methyl sites for hydroxylation is 2. The Kier molecular flexibility index (Phi) is 5.66. The van der Waals surface area contributed by atoms with Crippen LogP contribution in [0.3, 0.4) is 0 Å². The van der Waals surface area contributed by atoms with Crippen LogP contribution in [0.1, 0.15) is 30.8 Å². The molecule has 0 saturated carbocycles. The van der Waals surface area contributed by atoms with E-state index in [9.17, 15) is 0 Å². The van der Waals surface area contributed by atoms with E-state index in [0.717, 1.165) is 31.0 Å². The van der Waals surface area contributed by atoms with Gasteiger partial charge in [-0.15, -0.1) is 0 Å². The van der Waals surface area contributed by atoms with Gasteiger partial charge in [-0.2, -0.15) is 5.10 Å². The van der Waals surface area contributed by atoms with E-state index in [1.807, 2.05) is 44.2 Å². The van der Waals surface area contributed by atoms with Gasteiger partial charge < -0.3 is 4.74 Å². The lowest BCUT2D eigenvalue weighted by Crippen LogP contribution is -2.07. The van der Waals surface area contributed by atoms with Gasteiger partial charge in [0.05, 0.1) is 12.6 Å². The van der Waals surface area contributed by atoms with Crippen LogP contribution in [0, 0.1) is 4.77 Å². The molecule has 130 valence electrons. The minimum atomic E-state index is 0.192. The van der Waals surface area contributed by atoms with Gasteiger partial charge >= 0.3 is 0 Å². The van der Waals surface area contributed by atoms with Crippen molar-refractivity contribution in [1.29, 1.82) is 0 Å². The molecule has 2 aromatic carbocycles. The van der Waals surface area contributed by atoms with Crippen molar-refractivity contribution in [2.45, 2.75) is 39.3 Å². The van der Waals surface area contributed by atoms with Crippen LogP contribution in [0.25, 0.3) is 0 Å². The fourth-order valence-corrected chi connectivity index (χ4v) is 2.95. The molecule has 5 heteroatoms. The molecule has 3 rings (SSSR count). The number of benzene rings is 2. The van der Waals surface area contributed by atoms with Gasteiger partial charge in [0, 0.05) is 6.42 Å². The molecule has 0 aliphatic rings. The standard InChI is InChI=1S/C20H23N3OS/c1-15(2)24-18-11-8-16(9-12-18)10-13-19-21-22-20(25)23(19)14-17-6-4-3-5-7-17/h3-9,11-12,15H,10,13-14H2,1-2H3,(H,22,25). The minimum absolute atomic E-state index is 0.192. The van der Waals surface area contributed by atoms with E-state index in [-0.39, 0.29) is 6.10 Å². The van der Waals surface area contributed by atoms with Crippen LogP contribution in [-0.2, 0) is 19.4 Å². The molecule has 0 saturated heterocycles. The lowest BCUT2D eigenvalue weighted by atomic mass is 10.1. The van der Waals surface area contributed by atoms with Gasteiger partial charge in [0.15, 0.2) is 4.77 Å². The molecular formula is C20H23N3OS. The van der Waals surface area contributed by atoms with E-state index in [4.69, 9.17) is 17.0 Å². The van der Waals surface area contributed by atoms with Crippen LogP contribution in [0.2, 0.25) is 0 Å². The minimum Gasteiger partial charge on any atom is -0.491 e. The SMILES string of the molecule is CC(C)Oc1ccc(CCc2n[nH]c(=S)n2Cc2ccccc2)cc1. The molecule has 0 spiro atoms. The highest BCUT2D eigenvalue weighted by Crippen LogP contribution is 2.15. The van der Waals surface area contributed by atoms with Crippen LogP contribution < -0.4 is 4.74 Å². The summed E-state index contributed by atoms with van der Waals surface area (Å²) in [5, 5.41) is 7.33. The lowest BCUT2D eigenvalue weighted by molar-refractivity contribution is 0.242. The van der Waals surface area contributed by atoms with Crippen molar-refractivity contribution in [3.63, 3.8) is 0 Å². The summed E-state index contributed by atoms with van der Waals surface area (Å²) in [5.74, 6) is 1.89. The predicted octanol–water partition coefficient (Wildman–Crippen LogP) is 4.56. The smallest absolute Gasteiger partial charge is 0.195 e. The zero-order valence-electron chi connectivity index (χ0n) is 14.6. The van der Waals surface area contributed by atoms with Gasteiger partial charge in [-0.25, -0.2) is 0 Å². The second-order valence-electron chi connectivity index (χ2n) is 6.33. The molecule has 0 fully saturated rings. The number of nitrogens with zero attached hydrogens (tertiary/aromatic N) is 2. The summed E-state index contributed by atoms with van der Waals surface area (Å²) >= 11 is 5.39. The Balaban J connectivity index is 1.66. The number of hydrogen-bond donors (Lipinski definition) is 1. The van der Waals surface area contributed by atoms with Gasteiger partial charge in [0.1, 0.15) is 11.6 Å². The highest BCUT2D eigenvalue weighted by Gasteiger charge is 2.07. The first-order chi connectivity index (χ1) is 12.1. The zero-order valence-corrected chi connectivity index (χ0v) is 15.4. The second kappa shape index (κ2) is 8.12. The first kappa shape index (κ1) is 17.4. The average Bonchev–Trinajstić information content (AvgIpc) is 2.95. The van der Waals surface area contributed by atoms with Gasteiger partial charge in [-0.1, -0.05) is 42.5 Å². The van der Waals surface area contributed by atoms with Crippen LogP contribution in [0.5, 0.6) is 5.75 Å². The predicted molar refractivity (Wildman–Crippen MR) is 103 cm³/mol. The molecular weight excluding hydrogens is 330 g/mol. The Labute approximate surface area is 153 Å². The highest BCUT2D eigenvalue weighted by atomic mass is 32.1. The summed E-state index contributed by atoms with van der Waals surface area (Å²) < 4.78 is 8.42. The number of ether oxygens (including phenoxy) is 1. The van der Waals surface area contributed by atoms with Gasteiger partial charge in [0.25, 0.3) is 0 Å². The summed E-state index contributed by atoms with van der Waals surface area (Å²) in [7, 11) is 0. The summed E-state index contributed by atoms with van der Waals surface area (Å²) in [6.07, 6.45) is 1.94. The molecule has 1 aromatic heterocycles. The summed E-state index contributed by atoms with van der Waals surface area (Å²) in [4.78, 5) is 0. The van der Waals surface area contributed by atoms with Crippen molar-refractivity contribution >= 4 is 12.2 Å². The average molecular weight is 353 g/mol. The van der Waals surface area contributed by atoms with Gasteiger partial charge in [0.2, 0.25) is 0 Å². The molecule has 1 heterocycles. The van der Waals surface area contributed by atoms with E-state index in [0.29, 0.717) is 4.77 Å². The molecule has 0 aliphatic carbocycles. The molecule has 3 aromatic rings. The third kappa shape index (κ3) is 4.79. The maximum atomic E-state index is 5.69. The molecule has 0 unspecified atom stereocenters. The largest absolute Gasteiger partial charge is 0.491 e. The fraction of sp³-hybridized carbons (Fsp3) is 0.300. The number of aromatic amines is 1. The van der Waals surface area contributed by atoms with Crippen molar-refractivity contribution in [1.82, 2.24) is 14.8 Å². The number of hydrogen-bond acceptors (Lipinski definition) is 3. The van der Waals surface area contributed by atoms with Crippen molar-refractivity contribution in [2.24, 2.45) is 0 Å². The maximum absolute atomic E-state index is 5.69. The molecule has 1 N–H and O–H groups in total. The van der Waals surface area contributed by atoms with E-state index in [2.05, 4.69) is 39.0 Å². The van der Waals surface area contributed by atoms with Crippen molar-refractivity contribution in [3.8, 4) is 5.75 Å². The van der Waals surface area contributed by atoms with Crippen LogP contribution in [0.4, 0.5) is 0 Å². The molecule has 0 radical (unpaired) electrons. The fourth-order valence-electron chi connectivity index (χ4n) is 2.73. The topological polar surface area (TPSA) is 42.8 Å². The quantitative estimate of drug-likeness (QED) is 0.633. The second-order valence-corrected chi connectivity index (χ2v) is 6.71. The van der Waals surface area contributed by atoms with E-state index < -0.39 is 0 Å². The van der Waals surface area contributed by atoms with Crippen LogP contribution >= 0.6 is 12.2 Å². The van der Waals surface area contributed by atoms with Gasteiger partial charge in [-0.05, 0) is 55.7 Å². The summed E-state index contributed by atoms with van der Waals surface area (Å²) in [6.45, 7) is 4.80. The molecule has 0 amide bonds. The van der Waals surface area contributed by atoms with Crippen molar-refractivity contribution in [3.05, 3.63) is 76.3 Å². The first-order valence-corrected chi connectivity index (χ1v) is 8.96. The molecule has 25 heavy (non-hydrogen) atoms. The zero-order chi connectivity index (χ0) is 17.6. The van der Waals surface area contributed by atoms with Crippen LogP contribution in [0.15, 0.2) is 54.6 Å². The van der Waals surface area contributed by atoms with Crippen molar-refractivity contribution < 1.29 is 4.74 Å². The monoisotopic (exact) mass is 353 g/mol. The lowest BCUT2D eigenvalue weighted by Gasteiger charge is -2.10. The molecule has 0 atom stereocenters. The molecule has 0 aliphatic heterocycles. The maximum Gasteiger partial charge on any atom is 0.195 e. The number of H-pyrrole nitrogens is 1. The number of rotatable bonds is 7. The van der Waals surface area contributed by atoms with E-state index in [1.165, 1.54) is 11.1 Å². The third-order valence-electron chi connectivity index (χ3n) is 3.95. The Morgan fingerprint density at radius 1 is 1.00 bits per heavy atom. The highest BCUT2D eigenvalue weighted by molar-refractivity contribution is 7.71. The summed E-state index contributed by atoms with van der Waals surface area (Å²) in [5.41, 5.74) is 2.48. The van der Waals surface area contributed by atoms with E-state index >= 15 is 0 Å². The Bertz CT molecular complexity index is 851. The normalized spacial score (nSPS) is 11.0. The van der Waals surface area contributed by atoms with Gasteiger partial charge in [-0.3, -0.25) is 9.67 Å². The first-order valence-electron chi connectivity index (χ1n) is 8.55. The Hall–Kier alpha value is -2.40. The van der Waals surface area contributed by atoms with Crippen LogP contribution in [-0.4, -0.2) is 20.9 Å². The van der Waals surface area contributed by atoms with E-state index in [1.54, 1.807) is 0 Å². The third-order valence-corrected chi connectivity index (χ3v) is 4.26. The number of aromatic nitrogens is 3. The number of nitrogens with one attached hydrogen (secondary N) is 1. The Morgan fingerprint density at radius 2 is 1.72 bits per heavy atom. The Morgan fingerprint density at radius 3 is 2.40 bits per heavy atom. The summed E-state index contributed by atoms with van der Waals surface area (Å²) in [6, 6.07) is 18.6. The molecule has 0 bridgehead atoms.